The van der Waals surface area contributed by atoms with E-state index in [9.17, 15) is 21.0 Å². The number of nitrogens with one attached hydrogen (secondary N) is 4. The van der Waals surface area contributed by atoms with E-state index in [-0.39, 0.29) is 112 Å². The van der Waals surface area contributed by atoms with Crippen LogP contribution in [0.3, 0.4) is 0 Å². The van der Waals surface area contributed by atoms with Crippen LogP contribution in [0.4, 0.5) is 0 Å². The molecule has 0 aliphatic rings. The standard InChI is InChI=1S/2C28H31N5O.2C25H28N4O.3BrH/c2*1-20-7-11-23(12-8-20)18-25(19-34-17-5-15-29)33-27-26(6-4-16-31-27)32(28(33)30)22(3)24-13-9-21(2)10-14-24;2*1-17-6-10-20(11-7-17)15-22(16-30)29-24-23(5-4-14-27-24)28(25(29)26)19(3)21-12-8-18(2)9-13-21;;;/h2*4,6-14,16,22,25,30H,5,17-19H2,1-3H3;2*4-14,19,22,26,30H,15-16H2,1-3H3;3*1H/t;;2*19?,22-;;;/m..00.../s1. The Morgan fingerprint density at radius 3 is 0.679 bits per heavy atom. The Morgan fingerprint density at radius 2 is 0.481 bits per heavy atom. The van der Waals surface area contributed by atoms with Gasteiger partial charge in [-0.15, -0.1) is 50.9 Å². The largest absolute Gasteiger partial charge is 0.394 e. The lowest BCUT2D eigenvalue weighted by Gasteiger charge is -2.20. The van der Waals surface area contributed by atoms with E-state index in [1.807, 2.05) is 85.1 Å². The Kier molecular flexibility index (Phi) is 36.6. The van der Waals surface area contributed by atoms with Crippen LogP contribution >= 0.6 is 50.9 Å². The molecule has 6 N–H and O–H groups in total. The predicted octanol–water partition coefficient (Wildman–Crippen LogP) is 20.9. The van der Waals surface area contributed by atoms with E-state index in [2.05, 4.69) is 309 Å². The summed E-state index contributed by atoms with van der Waals surface area (Å²) in [6.45, 7) is 26.5. The summed E-state index contributed by atoms with van der Waals surface area (Å²) in [4.78, 5) is 18.6. The Labute approximate surface area is 798 Å². The molecule has 0 saturated heterocycles. The Hall–Kier alpha value is -12.3. The fourth-order valence-electron chi connectivity index (χ4n) is 16.9. The van der Waals surface area contributed by atoms with Gasteiger partial charge < -0.3 is 38.0 Å². The van der Waals surface area contributed by atoms with Crippen LogP contribution in [0.25, 0.3) is 44.7 Å². The van der Waals surface area contributed by atoms with Crippen molar-refractivity contribution < 1.29 is 19.7 Å². The van der Waals surface area contributed by atoms with Gasteiger partial charge in [0.15, 0.2) is 22.6 Å². The SMILES string of the molecule is Br.Br.Br.Cc1ccc(CC(COCCC#N)n2c(=N)n(C(C)c3ccc(C)cc3)c3cccnc32)cc1.Cc1ccc(CC(COCCC#N)n2c(=N)n(C(C)c3ccc(C)cc3)c3cccnc32)cc1.Cc1ccc(C[C@@H](CO)n2c(=N)n(C(C)c3ccc(C)cc3)c3cccnc32)cc1.Cc1ccc(C[C@@H](CO)n2c(=N)n(C(C)c3ccc(C)cc3)c3cccnc32)cc1. The summed E-state index contributed by atoms with van der Waals surface area (Å²) < 4.78 is 27.6. The molecule has 0 aliphatic carbocycles. The molecular weight excluding hydrogens is 1830 g/mol. The first kappa shape index (κ1) is 101. The zero-order valence-corrected chi connectivity index (χ0v) is 81.8. The number of ether oxygens (including phenoxy) is 2. The summed E-state index contributed by atoms with van der Waals surface area (Å²) in [6.07, 6.45) is 10.4. The molecule has 6 unspecified atom stereocenters. The minimum atomic E-state index is -0.260. The highest BCUT2D eigenvalue weighted by molar-refractivity contribution is 8.93. The van der Waals surface area contributed by atoms with Gasteiger partial charge in [-0.2, -0.15) is 10.5 Å². The first-order valence-electron chi connectivity index (χ1n) is 44.0. The number of aliphatic hydroxyl groups is 2. The molecule has 0 saturated carbocycles. The number of aryl methyl sites for hydroxylation is 8. The maximum absolute atomic E-state index is 10.2. The maximum atomic E-state index is 10.2. The number of aromatic nitrogens is 12. The number of nitriles is 2. The Balaban J connectivity index is 0.000000180. The van der Waals surface area contributed by atoms with E-state index >= 15 is 0 Å². The number of imidazole rings is 4. The van der Waals surface area contributed by atoms with Gasteiger partial charge in [0.25, 0.3) is 0 Å². The van der Waals surface area contributed by atoms with Gasteiger partial charge in [0.1, 0.15) is 0 Å². The molecule has 25 heteroatoms. The molecular formula is C106H121Br3N18O4. The summed E-state index contributed by atoms with van der Waals surface area (Å²) in [5.74, 6) is 0. The third-order valence-corrected chi connectivity index (χ3v) is 24.2. The number of pyridine rings is 4. The van der Waals surface area contributed by atoms with Crippen molar-refractivity contribution in [2.45, 2.75) is 170 Å². The monoisotopic (exact) mass is 1950 g/mol. The van der Waals surface area contributed by atoms with Crippen LogP contribution in [0.5, 0.6) is 0 Å². The summed E-state index contributed by atoms with van der Waals surface area (Å²) >= 11 is 0. The number of halogens is 3. The number of nitrogens with zero attached hydrogens (tertiary/aromatic N) is 14. The van der Waals surface area contributed by atoms with Crippen LogP contribution in [0, 0.1) is 99.7 Å². The van der Waals surface area contributed by atoms with E-state index in [0.29, 0.717) is 87.4 Å². The molecule has 0 spiro atoms. The Bertz CT molecular complexity index is 6340. The molecule has 22 nitrogen and oxygen atoms in total. The van der Waals surface area contributed by atoms with Crippen LogP contribution in [-0.4, -0.2) is 106 Å². The van der Waals surface area contributed by atoms with Crippen LogP contribution < -0.4 is 22.5 Å². The van der Waals surface area contributed by atoms with Crippen molar-refractivity contribution in [2.24, 2.45) is 0 Å². The van der Waals surface area contributed by atoms with Crippen molar-refractivity contribution >= 4 is 95.6 Å². The molecule has 0 fully saturated rings. The van der Waals surface area contributed by atoms with Gasteiger partial charge in [-0.05, 0) is 202 Å². The molecule has 16 rings (SSSR count). The van der Waals surface area contributed by atoms with Gasteiger partial charge in [-0.1, -0.05) is 239 Å². The summed E-state index contributed by atoms with van der Waals surface area (Å²) in [6, 6.07) is 86.5. The first-order valence-corrected chi connectivity index (χ1v) is 44.0. The van der Waals surface area contributed by atoms with Crippen LogP contribution in [0.2, 0.25) is 0 Å². The van der Waals surface area contributed by atoms with Crippen molar-refractivity contribution in [3.63, 3.8) is 0 Å². The molecule has 0 aliphatic heterocycles. The molecule has 8 aromatic carbocycles. The third kappa shape index (κ3) is 24.1. The highest BCUT2D eigenvalue weighted by atomic mass is 79.9. The fraction of sp³-hybridized carbons (Fsp3) is 0.302. The molecule has 131 heavy (non-hydrogen) atoms. The van der Waals surface area contributed by atoms with Gasteiger partial charge in [0.05, 0.1) is 135 Å². The average Bonchev–Trinajstić information content (AvgIpc) is 1.62. The van der Waals surface area contributed by atoms with Gasteiger partial charge in [0.2, 0.25) is 22.5 Å². The highest BCUT2D eigenvalue weighted by Crippen LogP contribution is 2.32. The fourth-order valence-corrected chi connectivity index (χ4v) is 16.9. The molecule has 0 amide bonds. The van der Waals surface area contributed by atoms with E-state index < -0.39 is 0 Å². The minimum Gasteiger partial charge on any atom is -0.394 e. The predicted molar refractivity (Wildman–Crippen MR) is 537 cm³/mol. The van der Waals surface area contributed by atoms with Crippen molar-refractivity contribution in [3.8, 4) is 12.1 Å². The minimum absolute atomic E-state index is 0. The molecule has 0 radical (unpaired) electrons. The Morgan fingerprint density at radius 1 is 0.290 bits per heavy atom. The van der Waals surface area contributed by atoms with Crippen molar-refractivity contribution in [2.75, 3.05) is 39.6 Å². The highest BCUT2D eigenvalue weighted by Gasteiger charge is 2.29. The maximum Gasteiger partial charge on any atom is 0.205 e. The summed E-state index contributed by atoms with van der Waals surface area (Å²) in [5, 5.41) is 74.7. The van der Waals surface area contributed by atoms with E-state index in [0.717, 1.165) is 78.0 Å². The van der Waals surface area contributed by atoms with Crippen molar-refractivity contribution in [1.29, 1.82) is 32.2 Å². The number of rotatable bonds is 30. The van der Waals surface area contributed by atoms with Crippen molar-refractivity contribution in [1.82, 2.24) is 56.5 Å². The van der Waals surface area contributed by atoms with Gasteiger partial charge in [-0.25, -0.2) is 19.9 Å². The molecule has 8 aromatic heterocycles. The summed E-state index contributed by atoms with van der Waals surface area (Å²) in [5.41, 5.74) is 27.0. The second kappa shape index (κ2) is 47.5. The zero-order chi connectivity index (χ0) is 90.7. The lowest BCUT2D eigenvalue weighted by atomic mass is 10.0. The quantitative estimate of drug-likeness (QED) is 0.0231. The zero-order valence-electron chi connectivity index (χ0n) is 76.7. The number of benzene rings is 8. The second-order valence-corrected chi connectivity index (χ2v) is 33.7. The lowest BCUT2D eigenvalue weighted by Crippen LogP contribution is -2.32. The molecule has 16 aromatic rings. The molecule has 8 heterocycles. The van der Waals surface area contributed by atoms with Crippen LogP contribution in [0.1, 0.15) is 178 Å². The number of fused-ring (bicyclic) bond motifs is 4. The van der Waals surface area contributed by atoms with E-state index in [1.54, 1.807) is 24.8 Å². The van der Waals surface area contributed by atoms with Crippen molar-refractivity contribution in [3.05, 3.63) is 379 Å². The smallest absolute Gasteiger partial charge is 0.205 e. The molecule has 0 bridgehead atoms. The normalized spacial score (nSPS) is 12.9. The van der Waals surface area contributed by atoms with E-state index in [1.165, 1.54) is 55.6 Å². The molecule has 8 atom stereocenters. The number of hydrogen-bond donors (Lipinski definition) is 6. The number of aliphatic hydroxyl groups excluding tert-OH is 2. The van der Waals surface area contributed by atoms with E-state index in [4.69, 9.17) is 30.8 Å². The average molecular weight is 1950 g/mol. The van der Waals surface area contributed by atoms with Crippen LogP contribution in [-0.2, 0) is 35.2 Å². The van der Waals surface area contributed by atoms with Gasteiger partial charge in [-0.3, -0.25) is 39.9 Å². The first-order chi connectivity index (χ1) is 62.0. The van der Waals surface area contributed by atoms with Crippen LogP contribution in [0.15, 0.2) is 267 Å². The lowest BCUT2D eigenvalue weighted by molar-refractivity contribution is 0.106. The number of hydrogen-bond acceptors (Lipinski definition) is 14. The second-order valence-electron chi connectivity index (χ2n) is 33.7. The molecule has 680 valence electrons. The summed E-state index contributed by atoms with van der Waals surface area (Å²) in [7, 11) is 0. The third-order valence-electron chi connectivity index (χ3n) is 24.2. The van der Waals surface area contributed by atoms with Gasteiger partial charge in [0, 0.05) is 24.8 Å². The van der Waals surface area contributed by atoms with Gasteiger partial charge >= 0.3 is 0 Å². The topological polar surface area (TPSA) is 293 Å².